The van der Waals surface area contributed by atoms with Gasteiger partial charge in [0.25, 0.3) is 0 Å². The highest BCUT2D eigenvalue weighted by Crippen LogP contribution is 2.30. The first-order valence-corrected chi connectivity index (χ1v) is 5.61. The van der Waals surface area contributed by atoms with Gasteiger partial charge >= 0.3 is 0 Å². The van der Waals surface area contributed by atoms with E-state index in [-0.39, 0.29) is 0 Å². The second kappa shape index (κ2) is 4.05. The zero-order valence-electron chi connectivity index (χ0n) is 9.53. The number of hydrogen-bond acceptors (Lipinski definition) is 2. The molecule has 1 aromatic rings. The van der Waals surface area contributed by atoms with Crippen LogP contribution in [0.4, 0.5) is 5.69 Å². The highest BCUT2D eigenvalue weighted by atomic mass is 15.2. The normalized spacial score (nSPS) is 16.5. The molecule has 0 unspecified atom stereocenters. The minimum absolute atomic E-state index is 0.457. The average molecular weight is 202 g/mol. The molecule has 0 atom stereocenters. The molecule has 2 heterocycles. The molecular formula is C13H18N2. The lowest BCUT2D eigenvalue weighted by Gasteiger charge is -2.30. The summed E-state index contributed by atoms with van der Waals surface area (Å²) in [5.41, 5.74) is 3.68. The molecule has 0 aliphatic carbocycles. The Labute approximate surface area is 91.6 Å². The molecule has 80 valence electrons. The zero-order chi connectivity index (χ0) is 10.8. The molecule has 2 rings (SSSR count). The molecule has 1 aliphatic rings. The van der Waals surface area contributed by atoms with Crippen molar-refractivity contribution in [2.45, 2.75) is 39.2 Å². The largest absolute Gasteiger partial charge is 0.342 e. The third kappa shape index (κ3) is 1.89. The second-order valence-corrected chi connectivity index (χ2v) is 4.35. The quantitative estimate of drug-likeness (QED) is 0.695. The summed E-state index contributed by atoms with van der Waals surface area (Å²) in [7, 11) is 0. The van der Waals surface area contributed by atoms with Crippen molar-refractivity contribution in [3.63, 3.8) is 0 Å². The number of rotatable bonds is 1. The van der Waals surface area contributed by atoms with Crippen molar-refractivity contribution >= 4 is 5.69 Å². The average Bonchev–Trinajstić information content (AvgIpc) is 2.35. The molecule has 0 saturated heterocycles. The van der Waals surface area contributed by atoms with Crippen molar-refractivity contribution in [2.24, 2.45) is 0 Å². The fourth-order valence-electron chi connectivity index (χ4n) is 2.24. The van der Waals surface area contributed by atoms with E-state index in [4.69, 9.17) is 0 Å². The lowest BCUT2D eigenvalue weighted by Crippen LogP contribution is -2.29. The van der Waals surface area contributed by atoms with E-state index in [1.807, 2.05) is 12.3 Å². The van der Waals surface area contributed by atoms with Gasteiger partial charge in [-0.2, -0.15) is 0 Å². The Morgan fingerprint density at radius 2 is 2.20 bits per heavy atom. The summed E-state index contributed by atoms with van der Waals surface area (Å²) in [6.45, 7) is 8.58. The standard InChI is InChI=1S/C13H18N2/c1-10(2)15-11(3)6-4-7-12-13(15)8-5-9-14-12/h5,8-10H,3-4,6-7H2,1-2H3. The van der Waals surface area contributed by atoms with Gasteiger partial charge in [-0.15, -0.1) is 0 Å². The number of aromatic nitrogens is 1. The van der Waals surface area contributed by atoms with Crippen molar-refractivity contribution in [3.8, 4) is 0 Å². The van der Waals surface area contributed by atoms with Crippen LogP contribution in [0.25, 0.3) is 0 Å². The molecule has 0 fully saturated rings. The number of hydrogen-bond donors (Lipinski definition) is 0. The first-order chi connectivity index (χ1) is 7.20. The third-order valence-electron chi connectivity index (χ3n) is 2.86. The second-order valence-electron chi connectivity index (χ2n) is 4.35. The van der Waals surface area contributed by atoms with E-state index >= 15 is 0 Å². The predicted octanol–water partition coefficient (Wildman–Crippen LogP) is 3.15. The van der Waals surface area contributed by atoms with Gasteiger partial charge in [-0.3, -0.25) is 4.98 Å². The lowest BCUT2D eigenvalue weighted by atomic mass is 10.2. The summed E-state index contributed by atoms with van der Waals surface area (Å²) in [5, 5.41) is 0. The van der Waals surface area contributed by atoms with Gasteiger partial charge in [-0.1, -0.05) is 6.58 Å². The van der Waals surface area contributed by atoms with Gasteiger partial charge < -0.3 is 4.90 Å². The van der Waals surface area contributed by atoms with Crippen molar-refractivity contribution < 1.29 is 0 Å². The van der Waals surface area contributed by atoms with Crippen molar-refractivity contribution in [1.29, 1.82) is 0 Å². The highest BCUT2D eigenvalue weighted by molar-refractivity contribution is 5.56. The zero-order valence-corrected chi connectivity index (χ0v) is 9.53. The van der Waals surface area contributed by atoms with Crippen LogP contribution in [0.2, 0.25) is 0 Å². The minimum atomic E-state index is 0.457. The molecule has 1 aromatic heterocycles. The molecule has 0 N–H and O–H groups in total. The van der Waals surface area contributed by atoms with Crippen LogP contribution in [-0.4, -0.2) is 11.0 Å². The monoisotopic (exact) mass is 202 g/mol. The predicted molar refractivity (Wildman–Crippen MR) is 63.9 cm³/mol. The maximum absolute atomic E-state index is 4.46. The van der Waals surface area contributed by atoms with Crippen molar-refractivity contribution in [1.82, 2.24) is 4.98 Å². The van der Waals surface area contributed by atoms with Crippen LogP contribution in [0, 0.1) is 0 Å². The first kappa shape index (κ1) is 10.2. The van der Waals surface area contributed by atoms with Gasteiger partial charge in [0.2, 0.25) is 0 Å². The van der Waals surface area contributed by atoms with E-state index in [1.54, 1.807) is 0 Å². The maximum Gasteiger partial charge on any atom is 0.0640 e. The molecule has 0 amide bonds. The Hall–Kier alpha value is -1.31. The smallest absolute Gasteiger partial charge is 0.0640 e. The summed E-state index contributed by atoms with van der Waals surface area (Å²) in [6.07, 6.45) is 5.18. The van der Waals surface area contributed by atoms with E-state index in [1.165, 1.54) is 17.1 Å². The van der Waals surface area contributed by atoms with Gasteiger partial charge in [-0.05, 0) is 45.2 Å². The Balaban J connectivity index is 2.47. The minimum Gasteiger partial charge on any atom is -0.342 e. The van der Waals surface area contributed by atoms with Crippen molar-refractivity contribution in [2.75, 3.05) is 4.90 Å². The molecule has 15 heavy (non-hydrogen) atoms. The summed E-state index contributed by atoms with van der Waals surface area (Å²) in [4.78, 5) is 6.78. The molecule has 2 nitrogen and oxygen atoms in total. The fourth-order valence-corrected chi connectivity index (χ4v) is 2.24. The van der Waals surface area contributed by atoms with E-state index in [0.717, 1.165) is 19.3 Å². The van der Waals surface area contributed by atoms with Crippen LogP contribution >= 0.6 is 0 Å². The molecule has 0 aromatic carbocycles. The van der Waals surface area contributed by atoms with E-state index in [2.05, 4.69) is 36.4 Å². The number of pyridine rings is 1. The van der Waals surface area contributed by atoms with Crippen LogP contribution in [-0.2, 0) is 6.42 Å². The fraction of sp³-hybridized carbons (Fsp3) is 0.462. The van der Waals surface area contributed by atoms with Gasteiger partial charge in [-0.25, -0.2) is 0 Å². The van der Waals surface area contributed by atoms with E-state index < -0.39 is 0 Å². The number of aryl methyl sites for hydroxylation is 1. The van der Waals surface area contributed by atoms with Gasteiger partial charge in [0.05, 0.1) is 11.4 Å². The van der Waals surface area contributed by atoms with Gasteiger partial charge in [0.1, 0.15) is 0 Å². The molecule has 0 bridgehead atoms. The molecule has 0 saturated carbocycles. The number of allylic oxidation sites excluding steroid dienone is 1. The molecule has 2 heteroatoms. The summed E-state index contributed by atoms with van der Waals surface area (Å²) < 4.78 is 0. The molecule has 0 spiro atoms. The summed E-state index contributed by atoms with van der Waals surface area (Å²) >= 11 is 0. The summed E-state index contributed by atoms with van der Waals surface area (Å²) in [6, 6.07) is 4.62. The Morgan fingerprint density at radius 3 is 2.93 bits per heavy atom. The van der Waals surface area contributed by atoms with Gasteiger partial charge in [0.15, 0.2) is 0 Å². The number of fused-ring (bicyclic) bond motifs is 1. The molecule has 1 aliphatic heterocycles. The topological polar surface area (TPSA) is 16.1 Å². The van der Waals surface area contributed by atoms with Crippen LogP contribution in [0.15, 0.2) is 30.6 Å². The van der Waals surface area contributed by atoms with E-state index in [9.17, 15) is 0 Å². The number of nitrogens with zero attached hydrogens (tertiary/aromatic N) is 2. The Kier molecular flexibility index (Phi) is 2.76. The Morgan fingerprint density at radius 1 is 1.40 bits per heavy atom. The van der Waals surface area contributed by atoms with Gasteiger partial charge in [0, 0.05) is 17.9 Å². The highest BCUT2D eigenvalue weighted by Gasteiger charge is 2.20. The Bertz CT molecular complexity index is 369. The lowest BCUT2D eigenvalue weighted by molar-refractivity contribution is 0.724. The summed E-state index contributed by atoms with van der Waals surface area (Å²) in [5.74, 6) is 0. The van der Waals surface area contributed by atoms with E-state index in [0.29, 0.717) is 6.04 Å². The third-order valence-corrected chi connectivity index (χ3v) is 2.86. The van der Waals surface area contributed by atoms with Crippen LogP contribution in [0.3, 0.4) is 0 Å². The number of anilines is 1. The van der Waals surface area contributed by atoms with Crippen LogP contribution < -0.4 is 4.90 Å². The van der Waals surface area contributed by atoms with Crippen LogP contribution in [0.1, 0.15) is 32.4 Å². The maximum atomic E-state index is 4.46. The van der Waals surface area contributed by atoms with Crippen molar-refractivity contribution in [3.05, 3.63) is 36.3 Å². The first-order valence-electron chi connectivity index (χ1n) is 5.61. The van der Waals surface area contributed by atoms with Crippen LogP contribution in [0.5, 0.6) is 0 Å². The molecular weight excluding hydrogens is 184 g/mol. The molecule has 0 radical (unpaired) electrons. The SMILES string of the molecule is C=C1CCCc2ncccc2N1C(C)C.